The van der Waals surface area contributed by atoms with Gasteiger partial charge in [0.25, 0.3) is 0 Å². The molecule has 0 radical (unpaired) electrons. The van der Waals surface area contributed by atoms with Gasteiger partial charge in [-0.2, -0.15) is 0 Å². The molecule has 1 aliphatic heterocycles. The van der Waals surface area contributed by atoms with E-state index in [1.54, 1.807) is 0 Å². The zero-order valence-electron chi connectivity index (χ0n) is 11.2. The highest BCUT2D eigenvalue weighted by Gasteiger charge is 2.11. The van der Waals surface area contributed by atoms with Crippen LogP contribution >= 0.6 is 11.6 Å². The lowest BCUT2D eigenvalue weighted by atomic mass is 10.1. The molecule has 0 atom stereocenters. The van der Waals surface area contributed by atoms with Crippen molar-refractivity contribution in [1.82, 2.24) is 10.2 Å². The van der Waals surface area contributed by atoms with Crippen molar-refractivity contribution in [3.63, 3.8) is 0 Å². The topological polar surface area (TPSA) is 32.3 Å². The van der Waals surface area contributed by atoms with E-state index in [9.17, 15) is 4.79 Å². The molecule has 2 rings (SSSR count). The molecule has 0 aliphatic carbocycles. The molecule has 4 heteroatoms. The number of hydrogen-bond donors (Lipinski definition) is 1. The van der Waals surface area contributed by atoms with Gasteiger partial charge in [-0.1, -0.05) is 36.2 Å². The predicted molar refractivity (Wildman–Crippen MR) is 78.2 cm³/mol. The van der Waals surface area contributed by atoms with Crippen molar-refractivity contribution in [3.05, 3.63) is 34.9 Å². The number of amides is 1. The first kappa shape index (κ1) is 14.4. The van der Waals surface area contributed by atoms with Crippen LogP contribution in [0.4, 0.5) is 0 Å². The van der Waals surface area contributed by atoms with E-state index in [0.29, 0.717) is 18.0 Å². The summed E-state index contributed by atoms with van der Waals surface area (Å²) in [6.07, 6.45) is 4.43. The van der Waals surface area contributed by atoms with Crippen molar-refractivity contribution < 1.29 is 4.79 Å². The molecule has 1 aromatic rings. The first-order chi connectivity index (χ1) is 9.25. The third-order valence-corrected chi connectivity index (χ3v) is 3.91. The molecule has 0 aromatic heterocycles. The van der Waals surface area contributed by atoms with Gasteiger partial charge >= 0.3 is 0 Å². The number of benzene rings is 1. The maximum Gasteiger partial charge on any atom is 0.221 e. The minimum atomic E-state index is 0.102. The fourth-order valence-corrected chi connectivity index (χ4v) is 2.57. The Morgan fingerprint density at radius 3 is 2.68 bits per heavy atom. The Labute approximate surface area is 119 Å². The standard InChI is InChI=1S/C15H21ClN2O/c16-14-7-3-2-6-13(14)12-17-15(19)8-11-18-9-4-1-5-10-18/h2-3,6-7H,1,4-5,8-12H2,(H,17,19). The number of hydrogen-bond acceptors (Lipinski definition) is 2. The minimum Gasteiger partial charge on any atom is -0.352 e. The fraction of sp³-hybridized carbons (Fsp3) is 0.533. The largest absolute Gasteiger partial charge is 0.352 e. The normalized spacial score (nSPS) is 16.3. The number of carbonyl (C=O) groups is 1. The van der Waals surface area contributed by atoms with E-state index in [1.165, 1.54) is 19.3 Å². The number of nitrogens with zero attached hydrogens (tertiary/aromatic N) is 1. The second-order valence-corrected chi connectivity index (χ2v) is 5.43. The van der Waals surface area contributed by atoms with E-state index in [1.807, 2.05) is 24.3 Å². The monoisotopic (exact) mass is 280 g/mol. The van der Waals surface area contributed by atoms with Crippen molar-refractivity contribution in [2.24, 2.45) is 0 Å². The van der Waals surface area contributed by atoms with Crippen molar-refractivity contribution in [1.29, 1.82) is 0 Å². The lowest BCUT2D eigenvalue weighted by Gasteiger charge is -2.25. The van der Waals surface area contributed by atoms with Gasteiger partial charge in [0, 0.05) is 24.5 Å². The van der Waals surface area contributed by atoms with Gasteiger partial charge in [0.1, 0.15) is 0 Å². The van der Waals surface area contributed by atoms with Gasteiger partial charge in [-0.05, 0) is 37.6 Å². The lowest BCUT2D eigenvalue weighted by Crippen LogP contribution is -2.34. The minimum absolute atomic E-state index is 0.102. The highest BCUT2D eigenvalue weighted by molar-refractivity contribution is 6.31. The summed E-state index contributed by atoms with van der Waals surface area (Å²) in [5.74, 6) is 0.102. The molecule has 1 N–H and O–H groups in total. The fourth-order valence-electron chi connectivity index (χ4n) is 2.37. The van der Waals surface area contributed by atoms with Crippen LogP contribution in [0.3, 0.4) is 0 Å². The van der Waals surface area contributed by atoms with Crippen molar-refractivity contribution in [2.45, 2.75) is 32.2 Å². The summed E-state index contributed by atoms with van der Waals surface area (Å²) in [4.78, 5) is 14.2. The molecule has 1 heterocycles. The molecular weight excluding hydrogens is 260 g/mol. The van der Waals surface area contributed by atoms with E-state index in [2.05, 4.69) is 10.2 Å². The van der Waals surface area contributed by atoms with Crippen LogP contribution in [0.15, 0.2) is 24.3 Å². The predicted octanol–water partition coefficient (Wildman–Crippen LogP) is 2.83. The molecular formula is C15H21ClN2O. The first-order valence-corrected chi connectivity index (χ1v) is 7.36. The van der Waals surface area contributed by atoms with Crippen LogP contribution in [-0.2, 0) is 11.3 Å². The summed E-state index contributed by atoms with van der Waals surface area (Å²) in [7, 11) is 0. The molecule has 19 heavy (non-hydrogen) atoms. The molecule has 0 saturated carbocycles. The molecule has 0 bridgehead atoms. The molecule has 1 aliphatic rings. The Morgan fingerprint density at radius 1 is 1.21 bits per heavy atom. The van der Waals surface area contributed by atoms with E-state index in [-0.39, 0.29) is 5.91 Å². The molecule has 104 valence electrons. The van der Waals surface area contributed by atoms with Gasteiger partial charge < -0.3 is 10.2 Å². The van der Waals surface area contributed by atoms with Gasteiger partial charge in [-0.15, -0.1) is 0 Å². The van der Waals surface area contributed by atoms with Crippen molar-refractivity contribution in [2.75, 3.05) is 19.6 Å². The maximum absolute atomic E-state index is 11.8. The lowest BCUT2D eigenvalue weighted by molar-refractivity contribution is -0.121. The average molecular weight is 281 g/mol. The Bertz CT molecular complexity index is 416. The van der Waals surface area contributed by atoms with E-state index < -0.39 is 0 Å². The van der Waals surface area contributed by atoms with Crippen LogP contribution in [0.25, 0.3) is 0 Å². The number of halogens is 1. The summed E-state index contributed by atoms with van der Waals surface area (Å²) < 4.78 is 0. The molecule has 1 fully saturated rings. The Balaban J connectivity index is 1.68. The average Bonchev–Trinajstić information content (AvgIpc) is 2.45. The molecule has 0 unspecified atom stereocenters. The molecule has 1 saturated heterocycles. The summed E-state index contributed by atoms with van der Waals surface area (Å²) >= 11 is 6.05. The quantitative estimate of drug-likeness (QED) is 0.899. The van der Waals surface area contributed by atoms with Crippen LogP contribution in [0, 0.1) is 0 Å². The third kappa shape index (κ3) is 4.84. The Kier molecular flexibility index (Phi) is 5.67. The number of rotatable bonds is 5. The van der Waals surface area contributed by atoms with Gasteiger partial charge in [-0.3, -0.25) is 4.79 Å². The van der Waals surface area contributed by atoms with Crippen molar-refractivity contribution in [3.8, 4) is 0 Å². The zero-order valence-corrected chi connectivity index (χ0v) is 12.0. The first-order valence-electron chi connectivity index (χ1n) is 6.98. The Hall–Kier alpha value is -1.06. The summed E-state index contributed by atoms with van der Waals surface area (Å²) in [6, 6.07) is 7.61. The molecule has 3 nitrogen and oxygen atoms in total. The number of carbonyl (C=O) groups excluding carboxylic acids is 1. The SMILES string of the molecule is O=C(CCN1CCCCC1)NCc1ccccc1Cl. The highest BCUT2D eigenvalue weighted by atomic mass is 35.5. The van der Waals surface area contributed by atoms with Gasteiger partial charge in [0.05, 0.1) is 0 Å². The summed E-state index contributed by atoms with van der Waals surface area (Å²) in [5.41, 5.74) is 0.968. The highest BCUT2D eigenvalue weighted by Crippen LogP contribution is 2.14. The van der Waals surface area contributed by atoms with Crippen LogP contribution in [0.5, 0.6) is 0 Å². The van der Waals surface area contributed by atoms with Gasteiger partial charge in [0.15, 0.2) is 0 Å². The number of piperidine rings is 1. The third-order valence-electron chi connectivity index (χ3n) is 3.54. The van der Waals surface area contributed by atoms with Crippen molar-refractivity contribution >= 4 is 17.5 Å². The van der Waals surface area contributed by atoms with Gasteiger partial charge in [0.2, 0.25) is 5.91 Å². The van der Waals surface area contributed by atoms with Gasteiger partial charge in [-0.25, -0.2) is 0 Å². The molecule has 1 amide bonds. The summed E-state index contributed by atoms with van der Waals surface area (Å²) in [6.45, 7) is 3.66. The smallest absolute Gasteiger partial charge is 0.221 e. The summed E-state index contributed by atoms with van der Waals surface area (Å²) in [5, 5.41) is 3.64. The molecule has 0 spiro atoms. The maximum atomic E-state index is 11.8. The van der Waals surface area contributed by atoms with Crippen LogP contribution < -0.4 is 5.32 Å². The number of nitrogens with one attached hydrogen (secondary N) is 1. The molecule has 1 aromatic carbocycles. The number of likely N-dealkylation sites (tertiary alicyclic amines) is 1. The second-order valence-electron chi connectivity index (χ2n) is 5.02. The van der Waals surface area contributed by atoms with E-state index in [0.717, 1.165) is 25.2 Å². The zero-order chi connectivity index (χ0) is 13.5. The van der Waals surface area contributed by atoms with Crippen LogP contribution in [-0.4, -0.2) is 30.4 Å². The van der Waals surface area contributed by atoms with Crippen LogP contribution in [0.1, 0.15) is 31.2 Å². The van der Waals surface area contributed by atoms with E-state index in [4.69, 9.17) is 11.6 Å². The second kappa shape index (κ2) is 7.51. The Morgan fingerprint density at radius 2 is 1.95 bits per heavy atom. The van der Waals surface area contributed by atoms with Crippen LogP contribution in [0.2, 0.25) is 5.02 Å². The van der Waals surface area contributed by atoms with E-state index >= 15 is 0 Å².